The predicted molar refractivity (Wildman–Crippen MR) is 92.6 cm³/mol. The van der Waals surface area contributed by atoms with Crippen molar-refractivity contribution >= 4 is 23.2 Å². The second-order valence-electron chi connectivity index (χ2n) is 6.51. The molecule has 2 heterocycles. The molecule has 2 aliphatic heterocycles. The Kier molecular flexibility index (Phi) is 3.82. The van der Waals surface area contributed by atoms with E-state index in [0.29, 0.717) is 5.02 Å². The van der Waals surface area contributed by atoms with Gasteiger partial charge in [0, 0.05) is 10.7 Å². The fourth-order valence-electron chi connectivity index (χ4n) is 4.00. The van der Waals surface area contributed by atoms with Crippen molar-refractivity contribution < 1.29 is 9.18 Å². The Morgan fingerprint density at radius 3 is 2.29 bits per heavy atom. The van der Waals surface area contributed by atoms with E-state index in [9.17, 15) is 9.18 Å². The number of benzene rings is 2. The summed E-state index contributed by atoms with van der Waals surface area (Å²) in [7, 11) is 0. The largest absolute Gasteiger partial charge is 0.317 e. The molecule has 1 atom stereocenters. The molecule has 2 saturated heterocycles. The van der Waals surface area contributed by atoms with Crippen molar-refractivity contribution in [3.8, 4) is 0 Å². The van der Waals surface area contributed by atoms with E-state index in [-0.39, 0.29) is 23.2 Å². The van der Waals surface area contributed by atoms with Crippen LogP contribution in [0, 0.1) is 11.2 Å². The van der Waals surface area contributed by atoms with Gasteiger partial charge in [0.1, 0.15) is 5.82 Å². The first-order valence-electron chi connectivity index (χ1n) is 8.17. The molecular formula is C19H18ClFN2O. The van der Waals surface area contributed by atoms with Crippen LogP contribution in [0.4, 0.5) is 10.1 Å². The zero-order valence-corrected chi connectivity index (χ0v) is 13.9. The number of piperidine rings is 1. The van der Waals surface area contributed by atoms with Gasteiger partial charge in [0.15, 0.2) is 0 Å². The fraction of sp³-hybridized carbons (Fsp3) is 0.316. The van der Waals surface area contributed by atoms with E-state index >= 15 is 0 Å². The maximum Gasteiger partial charge on any atom is 0.236 e. The van der Waals surface area contributed by atoms with E-state index in [0.717, 1.165) is 37.2 Å². The lowest BCUT2D eigenvalue weighted by atomic mass is 9.62. The first kappa shape index (κ1) is 15.6. The highest BCUT2D eigenvalue weighted by atomic mass is 35.5. The van der Waals surface area contributed by atoms with Crippen molar-refractivity contribution in [2.45, 2.75) is 18.9 Å². The average molecular weight is 345 g/mol. The number of amides is 1. The van der Waals surface area contributed by atoms with Gasteiger partial charge in [0.25, 0.3) is 0 Å². The number of β-lactam (4-membered cyclic amide) rings is 1. The molecule has 1 unspecified atom stereocenters. The van der Waals surface area contributed by atoms with Crippen LogP contribution in [0.25, 0.3) is 0 Å². The van der Waals surface area contributed by atoms with Crippen LogP contribution in [-0.2, 0) is 4.79 Å². The normalized spacial score (nSPS) is 22.5. The highest BCUT2D eigenvalue weighted by molar-refractivity contribution is 6.30. The third-order valence-corrected chi connectivity index (χ3v) is 5.46. The van der Waals surface area contributed by atoms with Gasteiger partial charge in [-0.05, 0) is 67.9 Å². The monoisotopic (exact) mass is 344 g/mol. The highest BCUT2D eigenvalue weighted by Gasteiger charge is 2.61. The zero-order valence-electron chi connectivity index (χ0n) is 13.1. The summed E-state index contributed by atoms with van der Waals surface area (Å²) in [6.45, 7) is 1.68. The van der Waals surface area contributed by atoms with Crippen molar-refractivity contribution in [2.75, 3.05) is 18.0 Å². The number of nitrogens with zero attached hydrogens (tertiary/aromatic N) is 1. The van der Waals surface area contributed by atoms with Gasteiger partial charge in [0.2, 0.25) is 5.91 Å². The first-order chi connectivity index (χ1) is 11.6. The van der Waals surface area contributed by atoms with Gasteiger partial charge in [-0.25, -0.2) is 4.39 Å². The third-order valence-electron chi connectivity index (χ3n) is 5.21. The maximum absolute atomic E-state index is 13.3. The molecule has 4 rings (SSSR count). The minimum absolute atomic E-state index is 0.0326. The van der Waals surface area contributed by atoms with Crippen LogP contribution in [0.3, 0.4) is 0 Å². The van der Waals surface area contributed by atoms with Crippen LogP contribution in [0.2, 0.25) is 5.02 Å². The number of carbonyl (C=O) groups excluding carboxylic acids is 1. The molecule has 5 heteroatoms. The number of carbonyl (C=O) groups is 1. The van der Waals surface area contributed by atoms with Gasteiger partial charge in [0.05, 0.1) is 11.5 Å². The summed E-state index contributed by atoms with van der Waals surface area (Å²) in [4.78, 5) is 14.9. The summed E-state index contributed by atoms with van der Waals surface area (Å²) in [5.41, 5.74) is 1.45. The Labute approximate surface area is 145 Å². The summed E-state index contributed by atoms with van der Waals surface area (Å²) in [5.74, 6) is -0.165. The van der Waals surface area contributed by atoms with Gasteiger partial charge in [-0.15, -0.1) is 0 Å². The summed E-state index contributed by atoms with van der Waals surface area (Å²) < 4.78 is 13.3. The summed E-state index contributed by atoms with van der Waals surface area (Å²) in [6.07, 6.45) is 1.63. The lowest BCUT2D eigenvalue weighted by Crippen LogP contribution is -2.66. The summed E-state index contributed by atoms with van der Waals surface area (Å²) >= 11 is 6.02. The van der Waals surface area contributed by atoms with Crippen molar-refractivity contribution in [2.24, 2.45) is 5.41 Å². The van der Waals surface area contributed by atoms with Crippen LogP contribution in [0.15, 0.2) is 48.5 Å². The van der Waals surface area contributed by atoms with Crippen LogP contribution < -0.4 is 10.2 Å². The molecule has 2 aromatic carbocycles. The quantitative estimate of drug-likeness (QED) is 0.837. The Morgan fingerprint density at radius 2 is 1.67 bits per heavy atom. The van der Waals surface area contributed by atoms with E-state index in [1.165, 1.54) is 12.1 Å². The van der Waals surface area contributed by atoms with E-state index in [4.69, 9.17) is 11.6 Å². The fourth-order valence-corrected chi connectivity index (χ4v) is 4.12. The van der Waals surface area contributed by atoms with E-state index in [2.05, 4.69) is 5.32 Å². The Hall–Kier alpha value is -1.91. The summed E-state index contributed by atoms with van der Waals surface area (Å²) in [6, 6.07) is 13.8. The molecule has 3 nitrogen and oxygen atoms in total. The van der Waals surface area contributed by atoms with Gasteiger partial charge in [-0.2, -0.15) is 0 Å². The second-order valence-corrected chi connectivity index (χ2v) is 6.95. The average Bonchev–Trinajstić information content (AvgIpc) is 2.62. The molecule has 0 aliphatic carbocycles. The number of nitrogens with one attached hydrogen (secondary N) is 1. The molecule has 24 heavy (non-hydrogen) atoms. The van der Waals surface area contributed by atoms with Crippen LogP contribution in [0.1, 0.15) is 24.4 Å². The Bertz CT molecular complexity index is 754. The Balaban J connectivity index is 1.76. The third kappa shape index (κ3) is 2.33. The smallest absolute Gasteiger partial charge is 0.236 e. The molecule has 2 fully saturated rings. The maximum atomic E-state index is 13.3. The van der Waals surface area contributed by atoms with Crippen LogP contribution in [0.5, 0.6) is 0 Å². The van der Waals surface area contributed by atoms with E-state index in [1.807, 2.05) is 24.3 Å². The minimum atomic E-state index is -0.368. The van der Waals surface area contributed by atoms with Crippen molar-refractivity contribution in [1.82, 2.24) is 5.32 Å². The Morgan fingerprint density at radius 1 is 1.04 bits per heavy atom. The van der Waals surface area contributed by atoms with E-state index < -0.39 is 0 Å². The predicted octanol–water partition coefficient (Wildman–Crippen LogP) is 3.94. The van der Waals surface area contributed by atoms with Gasteiger partial charge < -0.3 is 10.2 Å². The highest BCUT2D eigenvalue weighted by Crippen LogP contribution is 2.56. The van der Waals surface area contributed by atoms with Crippen LogP contribution >= 0.6 is 11.6 Å². The first-order valence-corrected chi connectivity index (χ1v) is 8.55. The van der Waals surface area contributed by atoms with Crippen LogP contribution in [-0.4, -0.2) is 19.0 Å². The molecule has 0 saturated carbocycles. The molecular weight excluding hydrogens is 327 g/mol. The minimum Gasteiger partial charge on any atom is -0.317 e. The molecule has 1 spiro atoms. The number of anilines is 1. The molecule has 0 aromatic heterocycles. The summed E-state index contributed by atoms with van der Waals surface area (Å²) in [5, 5.41) is 4.01. The zero-order chi connectivity index (χ0) is 16.7. The van der Waals surface area contributed by atoms with Gasteiger partial charge in [-0.3, -0.25) is 4.79 Å². The number of halogens is 2. The van der Waals surface area contributed by atoms with Crippen molar-refractivity contribution in [3.63, 3.8) is 0 Å². The molecule has 2 aliphatic rings. The number of rotatable bonds is 2. The van der Waals surface area contributed by atoms with E-state index in [1.54, 1.807) is 17.0 Å². The topological polar surface area (TPSA) is 32.3 Å². The standard InChI is InChI=1S/C19H18ClFN2O/c20-14-3-1-13(2-4-14)17-19(9-11-22-12-10-19)18(24)23(17)16-7-5-15(21)6-8-16/h1-8,17,22H,9-12H2. The van der Waals surface area contributed by atoms with Gasteiger partial charge in [-0.1, -0.05) is 23.7 Å². The van der Waals surface area contributed by atoms with Crippen molar-refractivity contribution in [3.05, 3.63) is 64.9 Å². The second kappa shape index (κ2) is 5.87. The molecule has 1 N–H and O–H groups in total. The van der Waals surface area contributed by atoms with Gasteiger partial charge >= 0.3 is 0 Å². The molecule has 1 amide bonds. The molecule has 124 valence electrons. The van der Waals surface area contributed by atoms with Crippen molar-refractivity contribution in [1.29, 1.82) is 0 Å². The lowest BCUT2D eigenvalue weighted by Gasteiger charge is -2.58. The lowest BCUT2D eigenvalue weighted by molar-refractivity contribution is -0.142. The molecule has 0 bridgehead atoms. The SMILES string of the molecule is O=C1N(c2ccc(F)cc2)C(c2ccc(Cl)cc2)C12CCNCC2. The number of hydrogen-bond acceptors (Lipinski definition) is 2. The number of hydrogen-bond donors (Lipinski definition) is 1. The molecule has 0 radical (unpaired) electrons. The molecule has 2 aromatic rings.